The van der Waals surface area contributed by atoms with Crippen LogP contribution in [0.25, 0.3) is 0 Å². The highest BCUT2D eigenvalue weighted by Gasteiger charge is 2.15. The summed E-state index contributed by atoms with van der Waals surface area (Å²) in [7, 11) is 1.53. The molecule has 1 aromatic rings. The van der Waals surface area contributed by atoms with E-state index in [1.807, 2.05) is 6.92 Å². The molecule has 96 valence electrons. The molecule has 0 saturated carbocycles. The van der Waals surface area contributed by atoms with Gasteiger partial charge in [0.05, 0.1) is 0 Å². The molecule has 0 aromatic heterocycles. The molecule has 2 nitrogen and oxygen atoms in total. The van der Waals surface area contributed by atoms with Gasteiger partial charge in [-0.2, -0.15) is 0 Å². The summed E-state index contributed by atoms with van der Waals surface area (Å²) in [5.41, 5.74) is 2.76. The summed E-state index contributed by atoms with van der Waals surface area (Å²) in [6.45, 7) is 8.61. The first kappa shape index (κ1) is 14.2. The van der Waals surface area contributed by atoms with Gasteiger partial charge in [0, 0.05) is 13.0 Å². The first-order valence-corrected chi connectivity index (χ1v) is 6.15. The highest BCUT2D eigenvalue weighted by Crippen LogP contribution is 2.23. The molecule has 17 heavy (non-hydrogen) atoms. The van der Waals surface area contributed by atoms with Crippen LogP contribution in [0, 0.1) is 5.92 Å². The molecule has 0 aliphatic carbocycles. The number of hydrogen-bond donors (Lipinski definition) is 1. The second kappa shape index (κ2) is 5.65. The zero-order valence-electron chi connectivity index (χ0n) is 11.5. The molecule has 1 N–H and O–H groups in total. The van der Waals surface area contributed by atoms with Crippen molar-refractivity contribution in [3.8, 4) is 0 Å². The number of aliphatic hydroxyl groups excluding tert-OH is 1. The van der Waals surface area contributed by atoms with Gasteiger partial charge >= 0.3 is 0 Å². The van der Waals surface area contributed by atoms with E-state index in [0.29, 0.717) is 0 Å². The van der Waals surface area contributed by atoms with Gasteiger partial charge in [-0.25, -0.2) is 0 Å². The van der Waals surface area contributed by atoms with Crippen molar-refractivity contribution >= 4 is 0 Å². The molecule has 0 fully saturated rings. The van der Waals surface area contributed by atoms with Crippen LogP contribution in [0.2, 0.25) is 0 Å². The van der Waals surface area contributed by atoms with Gasteiger partial charge in [-0.1, -0.05) is 52.0 Å². The maximum atomic E-state index is 9.55. The highest BCUT2D eigenvalue weighted by atomic mass is 16.6. The Morgan fingerprint density at radius 1 is 1.18 bits per heavy atom. The van der Waals surface area contributed by atoms with E-state index in [1.54, 1.807) is 0 Å². The van der Waals surface area contributed by atoms with Gasteiger partial charge in [-0.3, -0.25) is 0 Å². The summed E-state index contributed by atoms with van der Waals surface area (Å²) < 4.78 is 4.92. The summed E-state index contributed by atoms with van der Waals surface area (Å²) in [6, 6.07) is 8.61. The Morgan fingerprint density at radius 2 is 1.71 bits per heavy atom. The Labute approximate surface area is 105 Å². The topological polar surface area (TPSA) is 29.5 Å². The first-order valence-electron chi connectivity index (χ1n) is 6.15. The van der Waals surface area contributed by atoms with Crippen molar-refractivity contribution in [2.45, 2.75) is 45.8 Å². The predicted octanol–water partition coefficient (Wildman–Crippen LogP) is 3.13. The van der Waals surface area contributed by atoms with E-state index in [0.717, 1.165) is 6.42 Å². The second-order valence-electron chi connectivity index (χ2n) is 5.75. The van der Waals surface area contributed by atoms with Crippen LogP contribution in [0.5, 0.6) is 0 Å². The van der Waals surface area contributed by atoms with Crippen LogP contribution in [0.15, 0.2) is 24.3 Å². The van der Waals surface area contributed by atoms with E-state index < -0.39 is 6.29 Å². The van der Waals surface area contributed by atoms with Gasteiger partial charge in [-0.15, -0.1) is 0 Å². The third kappa shape index (κ3) is 4.14. The van der Waals surface area contributed by atoms with E-state index in [2.05, 4.69) is 45.0 Å². The smallest absolute Gasteiger partial charge is 0.157 e. The monoisotopic (exact) mass is 236 g/mol. The average Bonchev–Trinajstić information content (AvgIpc) is 2.27. The Bertz CT molecular complexity index is 335. The number of benzene rings is 1. The minimum atomic E-state index is -0.683. The van der Waals surface area contributed by atoms with E-state index in [1.165, 1.54) is 18.2 Å². The lowest BCUT2D eigenvalue weighted by Gasteiger charge is -2.20. The lowest BCUT2D eigenvalue weighted by atomic mass is 9.86. The third-order valence-corrected chi connectivity index (χ3v) is 3.11. The number of methoxy groups -OCH3 is 1. The molecule has 0 aliphatic rings. The molecule has 2 atom stereocenters. The number of rotatable bonds is 4. The second-order valence-corrected chi connectivity index (χ2v) is 5.75. The first-order chi connectivity index (χ1) is 7.84. The molecule has 0 amide bonds. The van der Waals surface area contributed by atoms with Crippen LogP contribution in [0.4, 0.5) is 0 Å². The standard InChI is InChI=1S/C15H24O2/c1-11(14(16)17-5)10-12-6-8-13(9-7-12)15(2,3)4/h6-9,11,14,16H,10H2,1-5H3. The van der Waals surface area contributed by atoms with Crippen LogP contribution in [-0.2, 0) is 16.6 Å². The fourth-order valence-corrected chi connectivity index (χ4v) is 1.85. The Morgan fingerprint density at radius 3 is 2.12 bits per heavy atom. The minimum Gasteiger partial charge on any atom is -0.368 e. The van der Waals surface area contributed by atoms with Gasteiger partial charge in [0.25, 0.3) is 0 Å². The van der Waals surface area contributed by atoms with Crippen molar-refractivity contribution in [3.63, 3.8) is 0 Å². The third-order valence-electron chi connectivity index (χ3n) is 3.11. The molecule has 2 unspecified atom stereocenters. The summed E-state index contributed by atoms with van der Waals surface area (Å²) in [6.07, 6.45) is 0.150. The highest BCUT2D eigenvalue weighted by molar-refractivity contribution is 5.27. The zero-order chi connectivity index (χ0) is 13.1. The molecule has 0 bridgehead atoms. The van der Waals surface area contributed by atoms with Crippen molar-refractivity contribution in [1.29, 1.82) is 0 Å². The van der Waals surface area contributed by atoms with Crippen LogP contribution in [0.3, 0.4) is 0 Å². The Hall–Kier alpha value is -0.860. The molecular weight excluding hydrogens is 212 g/mol. The van der Waals surface area contributed by atoms with Crippen molar-refractivity contribution in [1.82, 2.24) is 0 Å². The Kier molecular flexibility index (Phi) is 4.72. The molecule has 2 heteroatoms. The van der Waals surface area contributed by atoms with Crippen molar-refractivity contribution in [3.05, 3.63) is 35.4 Å². The van der Waals surface area contributed by atoms with E-state index in [4.69, 9.17) is 4.74 Å². The van der Waals surface area contributed by atoms with E-state index in [-0.39, 0.29) is 11.3 Å². The zero-order valence-corrected chi connectivity index (χ0v) is 11.5. The normalized spacial score (nSPS) is 15.6. The van der Waals surface area contributed by atoms with Crippen LogP contribution in [0.1, 0.15) is 38.8 Å². The molecule has 0 saturated heterocycles. The molecule has 0 heterocycles. The van der Waals surface area contributed by atoms with Gasteiger partial charge in [0.2, 0.25) is 0 Å². The number of aliphatic hydroxyl groups is 1. The molecule has 0 spiro atoms. The van der Waals surface area contributed by atoms with Crippen LogP contribution in [-0.4, -0.2) is 18.5 Å². The van der Waals surface area contributed by atoms with E-state index in [9.17, 15) is 5.11 Å². The predicted molar refractivity (Wildman–Crippen MR) is 71.0 cm³/mol. The van der Waals surface area contributed by atoms with Crippen molar-refractivity contribution < 1.29 is 9.84 Å². The van der Waals surface area contributed by atoms with E-state index >= 15 is 0 Å². The number of hydrogen-bond acceptors (Lipinski definition) is 2. The van der Waals surface area contributed by atoms with Crippen molar-refractivity contribution in [2.75, 3.05) is 7.11 Å². The maximum Gasteiger partial charge on any atom is 0.157 e. The SMILES string of the molecule is COC(O)C(C)Cc1ccc(C(C)(C)C)cc1. The lowest BCUT2D eigenvalue weighted by molar-refractivity contribution is -0.107. The molecule has 0 radical (unpaired) electrons. The van der Waals surface area contributed by atoms with Gasteiger partial charge in [0.15, 0.2) is 6.29 Å². The fourth-order valence-electron chi connectivity index (χ4n) is 1.85. The molecule has 1 rings (SSSR count). The molecular formula is C15H24O2. The quantitative estimate of drug-likeness (QED) is 0.814. The molecule has 1 aromatic carbocycles. The largest absolute Gasteiger partial charge is 0.368 e. The van der Waals surface area contributed by atoms with Crippen LogP contribution >= 0.6 is 0 Å². The van der Waals surface area contributed by atoms with Crippen molar-refractivity contribution in [2.24, 2.45) is 5.92 Å². The number of ether oxygens (including phenoxy) is 1. The fraction of sp³-hybridized carbons (Fsp3) is 0.600. The summed E-state index contributed by atoms with van der Waals surface area (Å²) in [5.74, 6) is 0.112. The maximum absolute atomic E-state index is 9.55. The van der Waals surface area contributed by atoms with Crippen LogP contribution < -0.4 is 0 Å². The van der Waals surface area contributed by atoms with Gasteiger partial charge in [0.1, 0.15) is 0 Å². The summed E-state index contributed by atoms with van der Waals surface area (Å²) in [5, 5.41) is 9.55. The lowest BCUT2D eigenvalue weighted by Crippen LogP contribution is -2.21. The summed E-state index contributed by atoms with van der Waals surface area (Å²) >= 11 is 0. The minimum absolute atomic E-state index is 0.112. The van der Waals surface area contributed by atoms with Gasteiger partial charge in [-0.05, 0) is 23.0 Å². The average molecular weight is 236 g/mol. The Balaban J connectivity index is 2.69. The molecule has 0 aliphatic heterocycles. The van der Waals surface area contributed by atoms with Gasteiger partial charge < -0.3 is 9.84 Å². The summed E-state index contributed by atoms with van der Waals surface area (Å²) in [4.78, 5) is 0.